The number of nitrogens with one attached hydrogen (secondary N) is 3. The maximum Gasteiger partial charge on any atom is 0.407 e. The Labute approximate surface area is 622 Å². The summed E-state index contributed by atoms with van der Waals surface area (Å²) in [7, 11) is -3.40. The van der Waals surface area contributed by atoms with Crippen molar-refractivity contribution in [3.63, 3.8) is 0 Å². The summed E-state index contributed by atoms with van der Waals surface area (Å²) in [6, 6.07) is 18.1. The summed E-state index contributed by atoms with van der Waals surface area (Å²) in [6.45, 7) is 4.06. The summed E-state index contributed by atoms with van der Waals surface area (Å²) in [5.74, 6) is -6.68. The van der Waals surface area contributed by atoms with E-state index in [1.165, 1.54) is 62.5 Å². The molecule has 2 bridgehead atoms. The molecule has 34 heteroatoms. The Morgan fingerprint density at radius 1 is 0.771 bits per heavy atom. The molecule has 6 heterocycles. The maximum absolute atomic E-state index is 16.9. The van der Waals surface area contributed by atoms with Crippen molar-refractivity contribution >= 4 is 54.9 Å². The second-order valence-corrected chi connectivity index (χ2v) is 30.9. The van der Waals surface area contributed by atoms with E-state index in [4.69, 9.17) is 14.5 Å². The van der Waals surface area contributed by atoms with Crippen LogP contribution in [-0.4, -0.2) is 165 Å². The quantitative estimate of drug-likeness (QED) is 0.00699. The van der Waals surface area contributed by atoms with Crippen LogP contribution in [0.25, 0.3) is 11.3 Å². The highest BCUT2D eigenvalue weighted by molar-refractivity contribution is 7.50. The van der Waals surface area contributed by atoms with Gasteiger partial charge in [0, 0.05) is 90.3 Å². The van der Waals surface area contributed by atoms with Crippen molar-refractivity contribution < 1.29 is 106 Å². The number of aromatic nitrogens is 4. The van der Waals surface area contributed by atoms with Crippen LogP contribution in [0.15, 0.2) is 104 Å². The number of pyridine rings is 2. The van der Waals surface area contributed by atoms with Gasteiger partial charge in [0.25, 0.3) is 0 Å². The molecule has 3 fully saturated rings. The molecule has 2 unspecified atom stereocenters. The van der Waals surface area contributed by atoms with Gasteiger partial charge in [-0.25, -0.2) is 33.2 Å². The number of ether oxygens (including phenoxy) is 4. The Morgan fingerprint density at radius 3 is 1.95 bits per heavy atom. The minimum absolute atomic E-state index is 0.0321. The highest BCUT2D eigenvalue weighted by Crippen LogP contribution is 2.48. The highest BCUT2D eigenvalue weighted by Gasteiger charge is 2.57. The Balaban J connectivity index is 1.16. The largest absolute Gasteiger partial charge is 0.469 e. The van der Waals surface area contributed by atoms with Gasteiger partial charge in [0.2, 0.25) is 11.8 Å². The Bertz CT molecular complexity index is 4360. The number of halogens is 10. The number of anilines is 2. The molecule has 6 aromatic rings. The van der Waals surface area contributed by atoms with Gasteiger partial charge in [-0.15, -0.1) is 0 Å². The fourth-order valence-electron chi connectivity index (χ4n) is 14.1. The number of esters is 2. The zero-order chi connectivity index (χ0) is 79.9. The monoisotopic (exact) mass is 1550 g/mol. The fourth-order valence-corrected chi connectivity index (χ4v) is 14.8. The van der Waals surface area contributed by atoms with E-state index in [2.05, 4.69) is 51.9 Å². The van der Waals surface area contributed by atoms with E-state index in [1.807, 2.05) is 17.4 Å². The molecule has 3 aliphatic heterocycles. The molecule has 3 aromatic carbocycles. The lowest BCUT2D eigenvalue weighted by Crippen LogP contribution is -2.62. The third-order valence-electron chi connectivity index (χ3n) is 20.1. The van der Waals surface area contributed by atoms with Gasteiger partial charge in [0.1, 0.15) is 35.4 Å². The molecule has 3 saturated heterocycles. The van der Waals surface area contributed by atoms with E-state index < -0.39 is 176 Å². The van der Waals surface area contributed by atoms with E-state index in [-0.39, 0.29) is 38.4 Å². The lowest BCUT2D eigenvalue weighted by Gasteiger charge is -2.47. The second-order valence-electron chi connectivity index (χ2n) is 29.3. The van der Waals surface area contributed by atoms with Crippen LogP contribution in [-0.2, 0) is 78.4 Å². The molecule has 3 aromatic heterocycles. The van der Waals surface area contributed by atoms with Crippen molar-refractivity contribution in [2.75, 3.05) is 57.3 Å². The van der Waals surface area contributed by atoms with Crippen LogP contribution in [0.4, 0.5) is 60.3 Å². The molecule has 0 spiro atoms. The number of nitrogens with zero attached hydrogens (tertiary/aromatic N) is 7. The zero-order valence-corrected chi connectivity index (χ0v) is 62.0. The first-order chi connectivity index (χ1) is 51.0. The molecule has 109 heavy (non-hydrogen) atoms. The van der Waals surface area contributed by atoms with Gasteiger partial charge in [-0.2, -0.15) is 40.2 Å². The van der Waals surface area contributed by atoms with Crippen LogP contribution in [0.5, 0.6) is 0 Å². The van der Waals surface area contributed by atoms with Crippen molar-refractivity contribution in [1.29, 1.82) is 0 Å². The first kappa shape index (κ1) is 83.7. The molecule has 3 aliphatic rings. The zero-order valence-electron chi connectivity index (χ0n) is 61.1. The van der Waals surface area contributed by atoms with E-state index in [0.29, 0.717) is 92.9 Å². The van der Waals surface area contributed by atoms with E-state index in [1.54, 1.807) is 25.3 Å². The summed E-state index contributed by atoms with van der Waals surface area (Å²) >= 11 is 0. The number of benzene rings is 3. The molecule has 0 aliphatic carbocycles. The third-order valence-corrected chi connectivity index (χ3v) is 20.9. The van der Waals surface area contributed by atoms with Gasteiger partial charge in [0.15, 0.2) is 5.78 Å². The number of ketones is 1. The number of methoxy groups -OCH3 is 2. The van der Waals surface area contributed by atoms with Gasteiger partial charge in [-0.1, -0.05) is 75.4 Å². The van der Waals surface area contributed by atoms with Crippen LogP contribution in [0, 0.1) is 53.1 Å². The molecule has 588 valence electrons. The van der Waals surface area contributed by atoms with E-state index in [0.717, 1.165) is 58.2 Å². The number of rotatable bonds is 30. The van der Waals surface area contributed by atoms with Crippen molar-refractivity contribution in [1.82, 2.24) is 40.4 Å². The van der Waals surface area contributed by atoms with Gasteiger partial charge < -0.3 is 44.3 Å². The number of Topliss-reactive ketones (excluding diaryl/α,β-unsaturated/α-hetero) is 1. The Kier molecular flexibility index (Phi) is 26.3. The van der Waals surface area contributed by atoms with Crippen molar-refractivity contribution in [2.45, 2.75) is 161 Å². The molecule has 3 amide bonds. The highest BCUT2D eigenvalue weighted by atomic mass is 31.2. The predicted molar refractivity (Wildman–Crippen MR) is 376 cm³/mol. The lowest BCUT2D eigenvalue weighted by atomic mass is 9.75. The van der Waals surface area contributed by atoms with Crippen LogP contribution in [0.2, 0.25) is 0 Å². The maximum atomic E-state index is 16.9. The SMILES string of the molecule is COC(=O)C[C@H](C(=O)NN(Cc1c(F)cc(-c2ccn(C(F)F)n2)cc1F)C[C@H](OC(=O)CC(C)(C)c1c(CC(=O)Nc2ccccn2)cc(C)cc1CP(=O)(O)O)[C@@H](CC(=O)[C@@H](NC(=O)OC)C(C)(C)C(F)(F)F)Cc1ccc(C#Cc2ccc(N3CC4CCC(C3)N4C3COC3)nc2)cc1)C(C)(C)C(F)(F)F. The first-order valence-electron chi connectivity index (χ1n) is 34.7. The molecule has 0 saturated carbocycles. The van der Waals surface area contributed by atoms with E-state index in [9.17, 15) is 42.3 Å². The van der Waals surface area contributed by atoms with Crippen LogP contribution in [0.1, 0.15) is 125 Å². The Morgan fingerprint density at radius 2 is 1.40 bits per heavy atom. The van der Waals surface area contributed by atoms with Crippen LogP contribution >= 0.6 is 7.60 Å². The third kappa shape index (κ3) is 21.0. The summed E-state index contributed by atoms with van der Waals surface area (Å²) in [5, 5.41) is 8.79. The summed E-state index contributed by atoms with van der Waals surface area (Å²) in [4.78, 5) is 120. The minimum Gasteiger partial charge on any atom is -0.469 e. The van der Waals surface area contributed by atoms with Crippen LogP contribution in [0.3, 0.4) is 0 Å². The smallest absolute Gasteiger partial charge is 0.407 e. The summed E-state index contributed by atoms with van der Waals surface area (Å²) in [6.07, 6.45) is -13.6. The number of fused-ring (bicyclic) bond motifs is 2. The van der Waals surface area contributed by atoms with Crippen LogP contribution < -0.4 is 21.0 Å². The minimum atomic E-state index is -5.30. The number of carbonyl (C=O) groups is 6. The standard InChI is InChI=1S/C75H85F10N10O13P/c1-43-26-49(32-63(97)88-61-12-10-11-24-86-61)66(50(27-43)42-109(102,103)104)71(2,3)34-65(99)108-60(39-93(91-68(100)55(33-64(98)105-8)72(4,5)74(80,81)82)38-54-56(76)29-47(30-57(54)77)58-23-25-94(90-58)69(78)79)48(31-59(96)67(89-70(101)106-9)73(6,7)75(83,84)85)28-45-16-13-44(14-17-45)15-18-46-19-22-62(87-35-46)92-36-51-20-21-52(37-92)95(51)53-40-107-41-53/h10-14,16-17,19,22-27,29-30,35,48,51-53,55,60,67,69H,20-21,28,31-34,36-42H2,1-9H3,(H,89,101)(H,91,100)(H,86,88,97)(H2,102,103,104)/t48-,51?,52?,55-,60+,67-/m1/s1. The average molecular weight is 1560 g/mol. The van der Waals surface area contributed by atoms with Crippen molar-refractivity contribution in [3.8, 4) is 23.1 Å². The molecular formula is C75H85F10N10O13P. The summed E-state index contributed by atoms with van der Waals surface area (Å²) < 4.78 is 187. The molecule has 23 nitrogen and oxygen atoms in total. The van der Waals surface area contributed by atoms with Crippen molar-refractivity contribution in [2.24, 2.45) is 22.7 Å². The second kappa shape index (κ2) is 34.3. The molecular weight excluding hydrogens is 1470 g/mol. The van der Waals surface area contributed by atoms with Gasteiger partial charge in [-0.05, 0) is 117 Å². The Hall–Kier alpha value is -9.32. The normalized spacial score (nSPS) is 17.0. The molecule has 6 atom stereocenters. The number of piperazine rings is 1. The molecule has 5 N–H and O–H groups in total. The van der Waals surface area contributed by atoms with Gasteiger partial charge >= 0.3 is 44.5 Å². The van der Waals surface area contributed by atoms with Gasteiger partial charge in [-0.3, -0.25) is 38.9 Å². The first-order valence-corrected chi connectivity index (χ1v) is 36.5. The topological polar surface area (TPSA) is 286 Å². The lowest BCUT2D eigenvalue weighted by molar-refractivity contribution is -0.231. The number of alkyl halides is 8. The van der Waals surface area contributed by atoms with Gasteiger partial charge in [0.05, 0.1) is 87.9 Å². The number of carbonyl (C=O) groups excluding carboxylic acids is 6. The summed E-state index contributed by atoms with van der Waals surface area (Å²) in [5.41, 5.74) is -5.99. The number of hydrogen-bond donors (Lipinski definition) is 5. The number of hydrazine groups is 1. The molecule has 9 rings (SSSR count). The number of amides is 3. The molecule has 0 radical (unpaired) electrons. The predicted octanol–water partition coefficient (Wildman–Crippen LogP) is 11.6. The fraction of sp³-hybridized carbons (Fsp3) is 0.480. The number of aryl methyl sites for hydroxylation is 1. The van der Waals surface area contributed by atoms with E-state index >= 15 is 44.7 Å². The number of alkyl carbamates (subject to hydrolysis) is 1. The van der Waals surface area contributed by atoms with Crippen molar-refractivity contribution in [3.05, 3.63) is 160 Å². The average Bonchev–Trinajstić information content (AvgIpc) is 1.75. The number of hydrogen-bond acceptors (Lipinski definition) is 17.